The van der Waals surface area contributed by atoms with Gasteiger partial charge in [0.15, 0.2) is 0 Å². The molecule has 2 heterocycles. The lowest BCUT2D eigenvalue weighted by atomic mass is 9.96. The number of pyridine rings is 1. The fourth-order valence-corrected chi connectivity index (χ4v) is 3.78. The standard InChI is InChI=1S/C23H32N4O/c1-26(23(28)25-15-7-11-22-10-5-6-14-24-22)18-21-12-16-27(17-13-21)19-20-8-3-2-4-9-20/h2-6,8-10,14,21H,7,11-13,15-19H2,1H3,(H,25,28). The molecule has 0 spiro atoms. The van der Waals surface area contributed by atoms with Crippen LogP contribution < -0.4 is 5.32 Å². The van der Waals surface area contributed by atoms with Crippen LogP contribution in [0, 0.1) is 5.92 Å². The molecule has 0 saturated carbocycles. The number of aryl methyl sites for hydroxylation is 1. The third kappa shape index (κ3) is 6.64. The summed E-state index contributed by atoms with van der Waals surface area (Å²) < 4.78 is 0. The van der Waals surface area contributed by atoms with E-state index in [9.17, 15) is 4.79 Å². The fraction of sp³-hybridized carbons (Fsp3) is 0.478. The van der Waals surface area contributed by atoms with Gasteiger partial charge in [-0.05, 0) is 62.4 Å². The van der Waals surface area contributed by atoms with Gasteiger partial charge in [-0.2, -0.15) is 0 Å². The zero-order valence-corrected chi connectivity index (χ0v) is 16.9. The monoisotopic (exact) mass is 380 g/mol. The molecule has 1 aromatic carbocycles. The van der Waals surface area contributed by atoms with Crippen molar-refractivity contribution in [3.8, 4) is 0 Å². The van der Waals surface area contributed by atoms with Gasteiger partial charge in [0.2, 0.25) is 0 Å². The summed E-state index contributed by atoms with van der Waals surface area (Å²) in [5.41, 5.74) is 2.45. The van der Waals surface area contributed by atoms with Crippen LogP contribution in [0.3, 0.4) is 0 Å². The molecule has 28 heavy (non-hydrogen) atoms. The topological polar surface area (TPSA) is 48.5 Å². The van der Waals surface area contributed by atoms with Crippen LogP contribution in [0.15, 0.2) is 54.7 Å². The average molecular weight is 381 g/mol. The van der Waals surface area contributed by atoms with E-state index in [0.29, 0.717) is 12.5 Å². The first kappa shape index (κ1) is 20.3. The minimum absolute atomic E-state index is 0.0349. The summed E-state index contributed by atoms with van der Waals surface area (Å²) in [6.07, 6.45) is 5.93. The van der Waals surface area contributed by atoms with Gasteiger partial charge in [-0.25, -0.2) is 4.79 Å². The minimum atomic E-state index is 0.0349. The minimum Gasteiger partial charge on any atom is -0.338 e. The van der Waals surface area contributed by atoms with Gasteiger partial charge in [0.1, 0.15) is 0 Å². The van der Waals surface area contributed by atoms with Crippen molar-refractivity contribution in [2.24, 2.45) is 5.92 Å². The quantitative estimate of drug-likeness (QED) is 0.712. The molecule has 2 amide bonds. The SMILES string of the molecule is CN(CC1CCN(Cc2ccccc2)CC1)C(=O)NCCCc1ccccn1. The number of nitrogens with one attached hydrogen (secondary N) is 1. The molecule has 2 aromatic rings. The number of urea groups is 1. The number of piperidine rings is 1. The number of nitrogens with zero attached hydrogens (tertiary/aromatic N) is 3. The van der Waals surface area contributed by atoms with Gasteiger partial charge >= 0.3 is 6.03 Å². The highest BCUT2D eigenvalue weighted by Crippen LogP contribution is 2.19. The van der Waals surface area contributed by atoms with E-state index in [2.05, 4.69) is 45.5 Å². The molecule has 0 atom stereocenters. The maximum absolute atomic E-state index is 12.3. The number of hydrogen-bond acceptors (Lipinski definition) is 3. The largest absolute Gasteiger partial charge is 0.338 e. The van der Waals surface area contributed by atoms with Crippen LogP contribution in [0.5, 0.6) is 0 Å². The van der Waals surface area contributed by atoms with Crippen molar-refractivity contribution in [1.29, 1.82) is 0 Å². The second-order valence-corrected chi connectivity index (χ2v) is 7.74. The Bertz CT molecular complexity index is 699. The van der Waals surface area contributed by atoms with Crippen molar-refractivity contribution in [3.05, 3.63) is 66.0 Å². The summed E-state index contributed by atoms with van der Waals surface area (Å²) in [4.78, 5) is 21.0. The number of benzene rings is 1. The third-order valence-corrected chi connectivity index (χ3v) is 5.45. The van der Waals surface area contributed by atoms with Crippen molar-refractivity contribution >= 4 is 6.03 Å². The maximum atomic E-state index is 12.3. The van der Waals surface area contributed by atoms with Crippen molar-refractivity contribution in [3.63, 3.8) is 0 Å². The number of carbonyl (C=O) groups is 1. The first-order chi connectivity index (χ1) is 13.7. The average Bonchev–Trinajstić information content (AvgIpc) is 2.74. The van der Waals surface area contributed by atoms with Crippen LogP contribution in [0.1, 0.15) is 30.5 Å². The van der Waals surface area contributed by atoms with E-state index in [4.69, 9.17) is 0 Å². The molecule has 1 aliphatic rings. The first-order valence-electron chi connectivity index (χ1n) is 10.4. The first-order valence-corrected chi connectivity index (χ1v) is 10.4. The van der Waals surface area contributed by atoms with Crippen LogP contribution >= 0.6 is 0 Å². The number of likely N-dealkylation sites (tertiary alicyclic amines) is 1. The molecule has 1 saturated heterocycles. The predicted octanol–water partition coefficient (Wildman–Crippen LogP) is 3.57. The highest BCUT2D eigenvalue weighted by molar-refractivity contribution is 5.73. The molecule has 3 rings (SSSR count). The highest BCUT2D eigenvalue weighted by Gasteiger charge is 2.22. The molecule has 5 nitrogen and oxygen atoms in total. The highest BCUT2D eigenvalue weighted by atomic mass is 16.2. The zero-order chi connectivity index (χ0) is 19.6. The van der Waals surface area contributed by atoms with Gasteiger partial charge in [-0.1, -0.05) is 36.4 Å². The van der Waals surface area contributed by atoms with Gasteiger partial charge in [0, 0.05) is 38.6 Å². The predicted molar refractivity (Wildman–Crippen MR) is 113 cm³/mol. The Balaban J connectivity index is 1.30. The maximum Gasteiger partial charge on any atom is 0.317 e. The van der Waals surface area contributed by atoms with Gasteiger partial charge in [-0.3, -0.25) is 9.88 Å². The van der Waals surface area contributed by atoms with Crippen molar-refractivity contribution < 1.29 is 4.79 Å². The van der Waals surface area contributed by atoms with Gasteiger partial charge in [-0.15, -0.1) is 0 Å². The molecule has 0 aliphatic carbocycles. The van der Waals surface area contributed by atoms with Gasteiger partial charge in [0.05, 0.1) is 0 Å². The van der Waals surface area contributed by atoms with Crippen LogP contribution in [0.4, 0.5) is 4.79 Å². The van der Waals surface area contributed by atoms with E-state index < -0.39 is 0 Å². The molecule has 1 aliphatic heterocycles. The second-order valence-electron chi connectivity index (χ2n) is 7.74. The molecule has 0 unspecified atom stereocenters. The van der Waals surface area contributed by atoms with Gasteiger partial charge < -0.3 is 10.2 Å². The molecule has 1 N–H and O–H groups in total. The molecule has 1 fully saturated rings. The van der Waals surface area contributed by atoms with E-state index in [-0.39, 0.29) is 6.03 Å². The molecule has 0 radical (unpaired) electrons. The normalized spacial score (nSPS) is 15.3. The van der Waals surface area contributed by atoms with Crippen LogP contribution in [-0.4, -0.2) is 54.0 Å². The smallest absolute Gasteiger partial charge is 0.317 e. The van der Waals surface area contributed by atoms with Crippen molar-refractivity contribution in [2.45, 2.75) is 32.2 Å². The van der Waals surface area contributed by atoms with Crippen LogP contribution in [0.2, 0.25) is 0 Å². The van der Waals surface area contributed by atoms with Crippen molar-refractivity contribution in [1.82, 2.24) is 20.1 Å². The summed E-state index contributed by atoms with van der Waals surface area (Å²) >= 11 is 0. The lowest BCUT2D eigenvalue weighted by Gasteiger charge is -2.34. The number of amides is 2. The number of aromatic nitrogens is 1. The van der Waals surface area contributed by atoms with Crippen molar-refractivity contribution in [2.75, 3.05) is 33.2 Å². The fourth-order valence-electron chi connectivity index (χ4n) is 3.78. The summed E-state index contributed by atoms with van der Waals surface area (Å²) in [6.45, 7) is 4.78. The Kier molecular flexibility index (Phi) is 7.85. The summed E-state index contributed by atoms with van der Waals surface area (Å²) in [5, 5.41) is 3.03. The Hall–Kier alpha value is -2.40. The second kappa shape index (κ2) is 10.8. The van der Waals surface area contributed by atoms with E-state index in [0.717, 1.165) is 57.6 Å². The summed E-state index contributed by atoms with van der Waals surface area (Å²) in [6, 6.07) is 16.6. The zero-order valence-electron chi connectivity index (χ0n) is 16.9. The molecule has 1 aromatic heterocycles. The number of carbonyl (C=O) groups excluding carboxylic acids is 1. The molecule has 0 bridgehead atoms. The molecular formula is C23H32N4O. The molecule has 150 valence electrons. The summed E-state index contributed by atoms with van der Waals surface area (Å²) in [5.74, 6) is 0.594. The Labute approximate surface area is 168 Å². The Morgan fingerprint density at radius 3 is 2.61 bits per heavy atom. The number of hydrogen-bond donors (Lipinski definition) is 1. The third-order valence-electron chi connectivity index (χ3n) is 5.45. The molecule has 5 heteroatoms. The Morgan fingerprint density at radius 2 is 1.89 bits per heavy atom. The van der Waals surface area contributed by atoms with Crippen LogP contribution in [0.25, 0.3) is 0 Å². The van der Waals surface area contributed by atoms with Crippen LogP contribution in [-0.2, 0) is 13.0 Å². The Morgan fingerprint density at radius 1 is 1.14 bits per heavy atom. The lowest BCUT2D eigenvalue weighted by Crippen LogP contribution is -2.43. The van der Waals surface area contributed by atoms with E-state index >= 15 is 0 Å². The molecular weight excluding hydrogens is 348 g/mol. The summed E-state index contributed by atoms with van der Waals surface area (Å²) in [7, 11) is 1.91. The van der Waals surface area contributed by atoms with E-state index in [1.165, 1.54) is 5.56 Å². The van der Waals surface area contributed by atoms with Gasteiger partial charge in [0.25, 0.3) is 0 Å². The van der Waals surface area contributed by atoms with E-state index in [1.807, 2.05) is 36.3 Å². The van der Waals surface area contributed by atoms with E-state index in [1.54, 1.807) is 0 Å². The number of rotatable bonds is 8. The lowest BCUT2D eigenvalue weighted by molar-refractivity contribution is 0.150.